The normalized spacial score (nSPS) is 13.2. The lowest BCUT2D eigenvalue weighted by Crippen LogP contribution is -2.11. The first-order valence-electron chi connectivity index (χ1n) is 5.67. The second kappa shape index (κ2) is 5.53. The quantitative estimate of drug-likeness (QED) is 0.834. The van der Waals surface area contributed by atoms with E-state index in [9.17, 15) is 8.42 Å². The Morgan fingerprint density at radius 3 is 2.21 bits per heavy atom. The number of hydrogen-bond donors (Lipinski definition) is 0. The van der Waals surface area contributed by atoms with E-state index in [1.54, 1.807) is 55.5 Å². The monoisotopic (exact) mass is 314 g/mol. The molecule has 2 rings (SSSR count). The second-order valence-electron chi connectivity index (χ2n) is 4.17. The van der Waals surface area contributed by atoms with E-state index in [1.165, 1.54) is 0 Å². The molecule has 0 unspecified atom stereocenters. The minimum atomic E-state index is -3.45. The van der Waals surface area contributed by atoms with Crippen molar-refractivity contribution in [3.8, 4) is 0 Å². The molecular weight excluding hydrogens is 303 g/mol. The minimum Gasteiger partial charge on any atom is -0.223 e. The largest absolute Gasteiger partial charge is 0.223 e. The van der Waals surface area contributed by atoms with E-state index in [0.29, 0.717) is 15.6 Å². The highest BCUT2D eigenvalue weighted by molar-refractivity contribution is 7.91. The van der Waals surface area contributed by atoms with Crippen LogP contribution in [-0.2, 0) is 9.84 Å². The van der Waals surface area contributed by atoms with Gasteiger partial charge in [-0.25, -0.2) is 8.42 Å². The van der Waals surface area contributed by atoms with Crippen molar-refractivity contribution in [2.45, 2.75) is 17.1 Å². The van der Waals surface area contributed by atoms with Gasteiger partial charge in [-0.3, -0.25) is 0 Å². The summed E-state index contributed by atoms with van der Waals surface area (Å²) in [7, 11) is -3.45. The fourth-order valence-corrected chi connectivity index (χ4v) is 3.93. The van der Waals surface area contributed by atoms with Gasteiger partial charge in [-0.1, -0.05) is 47.5 Å². The summed E-state index contributed by atoms with van der Waals surface area (Å²) in [6.07, 6.45) is 0. The summed E-state index contributed by atoms with van der Waals surface area (Å²) in [5.74, 6) is 0. The first kappa shape index (κ1) is 14.4. The molecule has 5 heteroatoms. The van der Waals surface area contributed by atoms with Crippen molar-refractivity contribution in [3.63, 3.8) is 0 Å². The van der Waals surface area contributed by atoms with Crippen molar-refractivity contribution in [1.29, 1.82) is 0 Å². The maximum atomic E-state index is 12.5. The molecule has 0 saturated heterocycles. The Balaban J connectivity index is 2.47. The van der Waals surface area contributed by atoms with Crippen molar-refractivity contribution in [2.75, 3.05) is 0 Å². The molecule has 0 aromatic heterocycles. The molecule has 1 atom stereocenters. The summed E-state index contributed by atoms with van der Waals surface area (Å²) in [6, 6.07) is 13.2. The predicted octanol–water partition coefficient (Wildman–Crippen LogP) is 4.53. The van der Waals surface area contributed by atoms with E-state index in [4.69, 9.17) is 23.2 Å². The van der Waals surface area contributed by atoms with Crippen LogP contribution in [0.4, 0.5) is 0 Å². The zero-order chi connectivity index (χ0) is 14.0. The molecule has 2 aromatic carbocycles. The Kier molecular flexibility index (Phi) is 4.19. The van der Waals surface area contributed by atoms with E-state index in [-0.39, 0.29) is 4.90 Å². The first-order chi connectivity index (χ1) is 8.93. The first-order valence-corrected chi connectivity index (χ1v) is 7.97. The number of halogens is 2. The number of hydrogen-bond acceptors (Lipinski definition) is 2. The standard InChI is InChI=1S/C14H12Cl2O2S/c1-10(13-8-7-11(15)9-14(13)16)19(17,18)12-5-3-2-4-6-12/h2-10H,1H3/t10-/m0/s1. The van der Waals surface area contributed by atoms with Gasteiger partial charge in [-0.2, -0.15) is 0 Å². The zero-order valence-corrected chi connectivity index (χ0v) is 12.5. The highest BCUT2D eigenvalue weighted by Gasteiger charge is 2.26. The van der Waals surface area contributed by atoms with Crippen LogP contribution in [0.15, 0.2) is 53.4 Å². The van der Waals surface area contributed by atoms with Gasteiger partial charge in [0.15, 0.2) is 9.84 Å². The number of rotatable bonds is 3. The zero-order valence-electron chi connectivity index (χ0n) is 10.2. The molecule has 0 spiro atoms. The fraction of sp³-hybridized carbons (Fsp3) is 0.143. The summed E-state index contributed by atoms with van der Waals surface area (Å²) in [6.45, 7) is 1.62. The van der Waals surface area contributed by atoms with Crippen molar-refractivity contribution >= 4 is 33.0 Å². The Bertz CT molecular complexity index is 682. The molecule has 0 amide bonds. The lowest BCUT2D eigenvalue weighted by molar-refractivity contribution is 0.586. The predicted molar refractivity (Wildman–Crippen MR) is 78.5 cm³/mol. The Hall–Kier alpha value is -1.03. The van der Waals surface area contributed by atoms with Crippen LogP contribution in [0.2, 0.25) is 10.0 Å². The van der Waals surface area contributed by atoms with Gasteiger partial charge in [0.25, 0.3) is 0 Å². The van der Waals surface area contributed by atoms with E-state index < -0.39 is 15.1 Å². The Morgan fingerprint density at radius 2 is 1.63 bits per heavy atom. The number of sulfone groups is 1. The molecule has 0 bridgehead atoms. The summed E-state index contributed by atoms with van der Waals surface area (Å²) >= 11 is 11.9. The molecule has 19 heavy (non-hydrogen) atoms. The van der Waals surface area contributed by atoms with Crippen LogP contribution >= 0.6 is 23.2 Å². The lowest BCUT2D eigenvalue weighted by atomic mass is 10.2. The second-order valence-corrected chi connectivity index (χ2v) is 7.28. The summed E-state index contributed by atoms with van der Waals surface area (Å²) in [5.41, 5.74) is 0.551. The van der Waals surface area contributed by atoms with Gasteiger partial charge in [-0.15, -0.1) is 0 Å². The Morgan fingerprint density at radius 1 is 1.00 bits per heavy atom. The van der Waals surface area contributed by atoms with Crippen molar-refractivity contribution < 1.29 is 8.42 Å². The third-order valence-corrected chi connectivity index (χ3v) is 5.61. The van der Waals surface area contributed by atoms with Gasteiger partial charge in [0.05, 0.1) is 10.1 Å². The van der Waals surface area contributed by atoms with Crippen molar-refractivity contribution in [2.24, 2.45) is 0 Å². The average molecular weight is 315 g/mol. The maximum absolute atomic E-state index is 12.5. The molecule has 0 aliphatic rings. The minimum absolute atomic E-state index is 0.286. The van der Waals surface area contributed by atoms with E-state index in [1.807, 2.05) is 0 Å². The topological polar surface area (TPSA) is 34.1 Å². The van der Waals surface area contributed by atoms with Crippen LogP contribution in [0.1, 0.15) is 17.7 Å². The van der Waals surface area contributed by atoms with Crippen LogP contribution in [0.3, 0.4) is 0 Å². The molecule has 0 saturated carbocycles. The molecule has 0 fully saturated rings. The lowest BCUT2D eigenvalue weighted by Gasteiger charge is -2.15. The maximum Gasteiger partial charge on any atom is 0.185 e. The van der Waals surface area contributed by atoms with Gasteiger partial charge in [0.1, 0.15) is 0 Å². The van der Waals surface area contributed by atoms with Crippen LogP contribution in [0.25, 0.3) is 0 Å². The van der Waals surface area contributed by atoms with Gasteiger partial charge in [0, 0.05) is 10.0 Å². The highest BCUT2D eigenvalue weighted by Crippen LogP contribution is 2.33. The summed E-state index contributed by atoms with van der Waals surface area (Å²) < 4.78 is 25.0. The molecule has 0 radical (unpaired) electrons. The molecule has 0 aliphatic carbocycles. The molecule has 2 nitrogen and oxygen atoms in total. The molecule has 2 aromatic rings. The Labute approximate surface area is 122 Å². The smallest absolute Gasteiger partial charge is 0.185 e. The number of benzene rings is 2. The van der Waals surface area contributed by atoms with Crippen LogP contribution in [0, 0.1) is 0 Å². The van der Waals surface area contributed by atoms with Crippen LogP contribution in [0.5, 0.6) is 0 Å². The fourth-order valence-electron chi connectivity index (χ4n) is 1.81. The highest BCUT2D eigenvalue weighted by atomic mass is 35.5. The van der Waals surface area contributed by atoms with Crippen molar-refractivity contribution in [3.05, 3.63) is 64.1 Å². The SMILES string of the molecule is C[C@@H](c1ccc(Cl)cc1Cl)S(=O)(=O)c1ccccc1. The van der Waals surface area contributed by atoms with Crippen LogP contribution in [-0.4, -0.2) is 8.42 Å². The summed E-state index contributed by atoms with van der Waals surface area (Å²) in [5, 5.41) is 0.122. The van der Waals surface area contributed by atoms with E-state index in [0.717, 1.165) is 0 Å². The van der Waals surface area contributed by atoms with Gasteiger partial charge in [-0.05, 0) is 36.8 Å². The van der Waals surface area contributed by atoms with Gasteiger partial charge in [0.2, 0.25) is 0 Å². The molecule has 0 aliphatic heterocycles. The van der Waals surface area contributed by atoms with Crippen molar-refractivity contribution in [1.82, 2.24) is 0 Å². The van der Waals surface area contributed by atoms with E-state index in [2.05, 4.69) is 0 Å². The van der Waals surface area contributed by atoms with Gasteiger partial charge >= 0.3 is 0 Å². The third kappa shape index (κ3) is 2.94. The van der Waals surface area contributed by atoms with E-state index >= 15 is 0 Å². The molecular formula is C14H12Cl2O2S. The molecule has 0 N–H and O–H groups in total. The third-order valence-electron chi connectivity index (χ3n) is 2.94. The van der Waals surface area contributed by atoms with Gasteiger partial charge < -0.3 is 0 Å². The van der Waals surface area contributed by atoms with Crippen LogP contribution < -0.4 is 0 Å². The summed E-state index contributed by atoms with van der Waals surface area (Å²) in [4.78, 5) is 0.286. The average Bonchev–Trinajstić information content (AvgIpc) is 2.39. The molecule has 0 heterocycles. The molecule has 100 valence electrons.